The quantitative estimate of drug-likeness (QED) is 0.490. The van der Waals surface area contributed by atoms with E-state index in [-0.39, 0.29) is 5.78 Å². The molecule has 4 heteroatoms. The lowest BCUT2D eigenvalue weighted by molar-refractivity contribution is -0.118. The molecule has 0 radical (unpaired) electrons. The van der Waals surface area contributed by atoms with E-state index in [1.54, 1.807) is 14.2 Å². The molecule has 0 bridgehead atoms. The maximum absolute atomic E-state index is 12.5. The SMILES string of the molecule is CCC1C(CCC(=O)Cc2cccc(OC)c2)=CC=C1COc1cccc(OC)c1. The van der Waals surface area contributed by atoms with Gasteiger partial charge in [0.1, 0.15) is 29.6 Å². The molecule has 3 rings (SSSR count). The van der Waals surface area contributed by atoms with Crippen LogP contribution < -0.4 is 14.2 Å². The Morgan fingerprint density at radius 3 is 2.30 bits per heavy atom. The summed E-state index contributed by atoms with van der Waals surface area (Å²) in [7, 11) is 3.29. The van der Waals surface area contributed by atoms with Crippen molar-refractivity contribution in [3.05, 3.63) is 77.4 Å². The zero-order valence-corrected chi connectivity index (χ0v) is 18.0. The van der Waals surface area contributed by atoms with Crippen LogP contribution in [0.4, 0.5) is 0 Å². The first kappa shape index (κ1) is 21.7. The van der Waals surface area contributed by atoms with Gasteiger partial charge in [-0.15, -0.1) is 0 Å². The van der Waals surface area contributed by atoms with Gasteiger partial charge in [-0.25, -0.2) is 0 Å². The number of allylic oxidation sites excluding steroid dienone is 3. The minimum absolute atomic E-state index is 0.250. The highest BCUT2D eigenvalue weighted by Gasteiger charge is 2.22. The highest BCUT2D eigenvalue weighted by Crippen LogP contribution is 2.33. The van der Waals surface area contributed by atoms with Crippen LogP contribution in [-0.2, 0) is 11.2 Å². The van der Waals surface area contributed by atoms with Gasteiger partial charge in [-0.2, -0.15) is 0 Å². The van der Waals surface area contributed by atoms with E-state index in [1.807, 2.05) is 48.5 Å². The highest BCUT2D eigenvalue weighted by molar-refractivity contribution is 5.81. The topological polar surface area (TPSA) is 44.8 Å². The van der Waals surface area contributed by atoms with E-state index >= 15 is 0 Å². The van der Waals surface area contributed by atoms with E-state index in [9.17, 15) is 4.79 Å². The molecule has 1 aliphatic rings. The molecule has 1 unspecified atom stereocenters. The predicted molar refractivity (Wildman–Crippen MR) is 119 cm³/mol. The molecule has 2 aromatic carbocycles. The third-order valence-corrected chi connectivity index (χ3v) is 5.49. The number of hydrogen-bond donors (Lipinski definition) is 0. The van der Waals surface area contributed by atoms with Crippen molar-refractivity contribution < 1.29 is 19.0 Å². The standard InChI is InChI=1S/C26H30O4/c1-4-26-20(13-14-22(27)15-19-7-5-8-23(16-19)28-2)11-12-21(26)18-30-25-10-6-9-24(17-25)29-3/h5-12,16-17,26H,4,13-15,18H2,1-3H3. The molecule has 2 aromatic rings. The second-order valence-electron chi connectivity index (χ2n) is 7.48. The number of hydrogen-bond acceptors (Lipinski definition) is 4. The zero-order valence-electron chi connectivity index (χ0n) is 18.0. The molecule has 0 amide bonds. The Bertz CT molecular complexity index is 926. The van der Waals surface area contributed by atoms with Crippen molar-refractivity contribution in [1.82, 2.24) is 0 Å². The van der Waals surface area contributed by atoms with Crippen LogP contribution in [0.15, 0.2) is 71.8 Å². The van der Waals surface area contributed by atoms with Crippen molar-refractivity contribution in [3.63, 3.8) is 0 Å². The minimum Gasteiger partial charge on any atom is -0.497 e. The fourth-order valence-corrected chi connectivity index (χ4v) is 3.86. The third kappa shape index (κ3) is 5.76. The van der Waals surface area contributed by atoms with Crippen LogP contribution in [-0.4, -0.2) is 26.6 Å². The Morgan fingerprint density at radius 2 is 1.57 bits per heavy atom. The van der Waals surface area contributed by atoms with Gasteiger partial charge in [0.15, 0.2) is 0 Å². The molecule has 0 saturated heterocycles. The van der Waals surface area contributed by atoms with E-state index in [0.717, 1.165) is 35.7 Å². The lowest BCUT2D eigenvalue weighted by Crippen LogP contribution is -2.12. The molecule has 0 saturated carbocycles. The smallest absolute Gasteiger partial charge is 0.137 e. The Hall–Kier alpha value is -3.01. The normalized spacial score (nSPS) is 15.4. The summed E-state index contributed by atoms with van der Waals surface area (Å²) in [6, 6.07) is 15.4. The Labute approximate surface area is 179 Å². The number of carbonyl (C=O) groups excluding carboxylic acids is 1. The van der Waals surface area contributed by atoms with Crippen LogP contribution in [0.2, 0.25) is 0 Å². The van der Waals surface area contributed by atoms with Crippen molar-refractivity contribution in [2.24, 2.45) is 5.92 Å². The average Bonchev–Trinajstić information content (AvgIpc) is 3.18. The summed E-state index contributed by atoms with van der Waals surface area (Å²) in [5.74, 6) is 2.97. The molecule has 30 heavy (non-hydrogen) atoms. The monoisotopic (exact) mass is 406 g/mol. The van der Waals surface area contributed by atoms with Gasteiger partial charge in [0.25, 0.3) is 0 Å². The van der Waals surface area contributed by atoms with Crippen LogP contribution >= 0.6 is 0 Å². The summed E-state index contributed by atoms with van der Waals surface area (Å²) in [6.07, 6.45) is 7.11. The van der Waals surface area contributed by atoms with Gasteiger partial charge in [0, 0.05) is 24.8 Å². The first-order valence-electron chi connectivity index (χ1n) is 10.4. The van der Waals surface area contributed by atoms with Crippen LogP contribution in [0.1, 0.15) is 31.7 Å². The lowest BCUT2D eigenvalue weighted by Gasteiger charge is -2.18. The summed E-state index contributed by atoms with van der Waals surface area (Å²) < 4.78 is 16.5. The van der Waals surface area contributed by atoms with E-state index in [4.69, 9.17) is 14.2 Å². The molecule has 0 N–H and O–H groups in total. The van der Waals surface area contributed by atoms with Crippen molar-refractivity contribution in [2.75, 3.05) is 20.8 Å². The van der Waals surface area contributed by atoms with Gasteiger partial charge in [0.05, 0.1) is 14.2 Å². The molecular formula is C26H30O4. The van der Waals surface area contributed by atoms with Crippen molar-refractivity contribution in [1.29, 1.82) is 0 Å². The van der Waals surface area contributed by atoms with Crippen molar-refractivity contribution in [2.45, 2.75) is 32.6 Å². The van der Waals surface area contributed by atoms with Gasteiger partial charge in [-0.1, -0.05) is 42.8 Å². The molecule has 0 aliphatic heterocycles. The van der Waals surface area contributed by atoms with Gasteiger partial charge >= 0.3 is 0 Å². The summed E-state index contributed by atoms with van der Waals surface area (Å²) >= 11 is 0. The first-order valence-corrected chi connectivity index (χ1v) is 10.4. The fourth-order valence-electron chi connectivity index (χ4n) is 3.86. The highest BCUT2D eigenvalue weighted by atomic mass is 16.5. The zero-order chi connectivity index (χ0) is 21.3. The third-order valence-electron chi connectivity index (χ3n) is 5.49. The van der Waals surface area contributed by atoms with Crippen molar-refractivity contribution >= 4 is 5.78 Å². The molecule has 0 fully saturated rings. The van der Waals surface area contributed by atoms with Crippen LogP contribution in [0.25, 0.3) is 0 Å². The minimum atomic E-state index is 0.250. The van der Waals surface area contributed by atoms with Gasteiger partial charge in [-0.05, 0) is 48.2 Å². The molecule has 1 aliphatic carbocycles. The molecule has 0 aromatic heterocycles. The summed E-state index contributed by atoms with van der Waals surface area (Å²) in [4.78, 5) is 12.5. The second kappa shape index (κ2) is 10.7. The fraction of sp³-hybridized carbons (Fsp3) is 0.346. The molecule has 0 heterocycles. The number of rotatable bonds is 11. The Morgan fingerprint density at radius 1 is 0.900 bits per heavy atom. The summed E-state index contributed by atoms with van der Waals surface area (Å²) in [5, 5.41) is 0. The number of carbonyl (C=O) groups is 1. The molecular weight excluding hydrogens is 376 g/mol. The Balaban J connectivity index is 1.49. The largest absolute Gasteiger partial charge is 0.497 e. The van der Waals surface area contributed by atoms with Crippen LogP contribution in [0, 0.1) is 5.92 Å². The van der Waals surface area contributed by atoms with Gasteiger partial charge in [-0.3, -0.25) is 4.79 Å². The maximum Gasteiger partial charge on any atom is 0.137 e. The van der Waals surface area contributed by atoms with Crippen LogP contribution in [0.5, 0.6) is 17.2 Å². The van der Waals surface area contributed by atoms with E-state index in [1.165, 1.54) is 11.1 Å². The van der Waals surface area contributed by atoms with Crippen molar-refractivity contribution in [3.8, 4) is 17.2 Å². The average molecular weight is 407 g/mol. The lowest BCUT2D eigenvalue weighted by atomic mass is 9.89. The molecule has 0 spiro atoms. The number of methoxy groups -OCH3 is 2. The van der Waals surface area contributed by atoms with E-state index in [2.05, 4.69) is 19.1 Å². The first-order chi connectivity index (χ1) is 14.6. The van der Waals surface area contributed by atoms with Gasteiger partial charge < -0.3 is 14.2 Å². The number of ketones is 1. The van der Waals surface area contributed by atoms with Gasteiger partial charge in [0.2, 0.25) is 0 Å². The predicted octanol–water partition coefficient (Wildman–Crippen LogP) is 5.57. The maximum atomic E-state index is 12.5. The number of Topliss-reactive ketones (excluding diaryl/α,β-unsaturated/α-hetero) is 1. The number of ether oxygens (including phenoxy) is 3. The molecule has 1 atom stereocenters. The summed E-state index contributed by atoms with van der Waals surface area (Å²) in [5.41, 5.74) is 3.58. The Kier molecular flexibility index (Phi) is 7.72. The van der Waals surface area contributed by atoms with E-state index in [0.29, 0.717) is 25.4 Å². The second-order valence-corrected chi connectivity index (χ2v) is 7.48. The number of benzene rings is 2. The van der Waals surface area contributed by atoms with E-state index < -0.39 is 0 Å². The van der Waals surface area contributed by atoms with Crippen LogP contribution in [0.3, 0.4) is 0 Å². The molecule has 158 valence electrons. The molecule has 4 nitrogen and oxygen atoms in total. The summed E-state index contributed by atoms with van der Waals surface area (Å²) in [6.45, 7) is 2.73.